The molecule has 1 heterocycles. The van der Waals surface area contributed by atoms with Crippen molar-refractivity contribution in [3.8, 4) is 0 Å². The van der Waals surface area contributed by atoms with Crippen LogP contribution in [0.25, 0.3) is 0 Å². The monoisotopic (exact) mass is 406 g/mol. The molecular formula is C24H39ClN2O. The summed E-state index contributed by atoms with van der Waals surface area (Å²) in [5.41, 5.74) is 1.16. The zero-order valence-corrected chi connectivity index (χ0v) is 18.8. The van der Waals surface area contributed by atoms with Gasteiger partial charge in [0.05, 0.1) is 0 Å². The van der Waals surface area contributed by atoms with E-state index in [2.05, 4.69) is 38.5 Å². The first-order valence-corrected chi connectivity index (χ1v) is 10.8. The first kappa shape index (κ1) is 26.4. The number of allylic oxidation sites excluding steroid dienone is 4. The molecule has 0 spiro atoms. The topological polar surface area (TPSA) is 23.6 Å². The van der Waals surface area contributed by atoms with E-state index in [-0.39, 0.29) is 5.91 Å². The third-order valence-corrected chi connectivity index (χ3v) is 5.12. The molecule has 1 rings (SSSR count). The normalized spacial score (nSPS) is 18.3. The second-order valence-electron chi connectivity index (χ2n) is 6.99. The lowest BCUT2D eigenvalue weighted by Crippen LogP contribution is -2.41. The molecule has 0 bridgehead atoms. The van der Waals surface area contributed by atoms with Crippen LogP contribution in [0.15, 0.2) is 61.8 Å². The molecule has 0 radical (unpaired) electrons. The van der Waals surface area contributed by atoms with Crippen molar-refractivity contribution >= 4 is 17.5 Å². The van der Waals surface area contributed by atoms with Gasteiger partial charge in [-0.15, -0.1) is 18.2 Å². The summed E-state index contributed by atoms with van der Waals surface area (Å²) in [5.74, 6) is 1.34. The van der Waals surface area contributed by atoms with Gasteiger partial charge in [-0.25, -0.2) is 0 Å². The number of likely N-dealkylation sites (tertiary alicyclic amines) is 1. The van der Waals surface area contributed by atoms with Gasteiger partial charge >= 0.3 is 0 Å². The molecule has 0 aromatic rings. The molecule has 2 unspecified atom stereocenters. The van der Waals surface area contributed by atoms with E-state index in [4.69, 9.17) is 11.6 Å². The fourth-order valence-electron chi connectivity index (χ4n) is 2.97. The number of amides is 1. The van der Waals surface area contributed by atoms with Gasteiger partial charge in [0.25, 0.3) is 0 Å². The lowest BCUT2D eigenvalue weighted by Gasteiger charge is -2.28. The smallest absolute Gasteiger partial charge is 0.226 e. The molecule has 1 fully saturated rings. The Morgan fingerprint density at radius 1 is 1.29 bits per heavy atom. The van der Waals surface area contributed by atoms with Crippen molar-refractivity contribution in [1.82, 2.24) is 9.80 Å². The summed E-state index contributed by atoms with van der Waals surface area (Å²) in [7, 11) is 0. The van der Waals surface area contributed by atoms with Gasteiger partial charge in [0.15, 0.2) is 0 Å². The van der Waals surface area contributed by atoms with Gasteiger partial charge in [-0.1, -0.05) is 69.9 Å². The summed E-state index contributed by atoms with van der Waals surface area (Å²) < 4.78 is 0. The number of carbonyl (C=O) groups is 1. The molecule has 2 atom stereocenters. The van der Waals surface area contributed by atoms with Crippen LogP contribution in [0, 0.1) is 5.92 Å². The van der Waals surface area contributed by atoms with Gasteiger partial charge < -0.3 is 4.90 Å². The molecule has 4 heteroatoms. The maximum absolute atomic E-state index is 12.3. The lowest BCUT2D eigenvalue weighted by molar-refractivity contribution is -0.132. The van der Waals surface area contributed by atoms with E-state index in [0.717, 1.165) is 38.2 Å². The molecule has 1 aliphatic heterocycles. The molecule has 158 valence electrons. The third-order valence-electron chi connectivity index (χ3n) is 4.94. The highest BCUT2D eigenvalue weighted by atomic mass is 35.5. The Hall–Kier alpha value is -1.58. The minimum absolute atomic E-state index is 0.182. The summed E-state index contributed by atoms with van der Waals surface area (Å²) in [6, 6.07) is 0.302. The van der Waals surface area contributed by atoms with E-state index in [1.807, 2.05) is 42.2 Å². The zero-order valence-electron chi connectivity index (χ0n) is 18.1. The number of alkyl halides is 1. The minimum Gasteiger partial charge on any atom is -0.338 e. The number of rotatable bonds is 11. The Morgan fingerprint density at radius 2 is 2.00 bits per heavy atom. The average Bonchev–Trinajstić information content (AvgIpc) is 3.16. The summed E-state index contributed by atoms with van der Waals surface area (Å²) in [6.45, 7) is 21.1. The van der Waals surface area contributed by atoms with E-state index < -0.39 is 0 Å². The first-order chi connectivity index (χ1) is 13.5. The Balaban J connectivity index is 0.00000105. The molecule has 28 heavy (non-hydrogen) atoms. The molecule has 3 nitrogen and oxygen atoms in total. The maximum atomic E-state index is 12.3. The highest BCUT2D eigenvalue weighted by molar-refractivity contribution is 6.18. The fourth-order valence-corrected chi connectivity index (χ4v) is 3.10. The quantitative estimate of drug-likeness (QED) is 0.253. The van der Waals surface area contributed by atoms with E-state index in [0.29, 0.717) is 24.3 Å². The molecule has 0 aromatic heterocycles. The maximum Gasteiger partial charge on any atom is 0.226 e. The first-order valence-electron chi connectivity index (χ1n) is 10.3. The van der Waals surface area contributed by atoms with Crippen LogP contribution in [0.3, 0.4) is 0 Å². The second kappa shape index (κ2) is 16.4. The van der Waals surface area contributed by atoms with Crippen LogP contribution in [-0.4, -0.2) is 53.8 Å². The number of hydrogen-bond donors (Lipinski definition) is 0. The molecule has 0 saturated carbocycles. The number of likely N-dealkylation sites (N-methyl/N-ethyl adjacent to an activating group) is 1. The summed E-state index contributed by atoms with van der Waals surface area (Å²) in [6.07, 6.45) is 14.0. The average molecular weight is 407 g/mol. The number of carbonyl (C=O) groups excluding carboxylic acids is 1. The van der Waals surface area contributed by atoms with Crippen LogP contribution in [0.2, 0.25) is 0 Å². The summed E-state index contributed by atoms with van der Waals surface area (Å²) in [4.78, 5) is 16.7. The van der Waals surface area contributed by atoms with Gasteiger partial charge in [-0.2, -0.15) is 0 Å². The zero-order chi connectivity index (χ0) is 21.4. The Kier molecular flexibility index (Phi) is 15.5. The highest BCUT2D eigenvalue weighted by Gasteiger charge is 2.29. The number of halogens is 1. The van der Waals surface area contributed by atoms with Crippen LogP contribution < -0.4 is 0 Å². The van der Waals surface area contributed by atoms with E-state index >= 15 is 0 Å². The molecule has 0 aromatic carbocycles. The van der Waals surface area contributed by atoms with Crippen molar-refractivity contribution in [1.29, 1.82) is 0 Å². The third kappa shape index (κ3) is 10.7. The van der Waals surface area contributed by atoms with Gasteiger partial charge in [-0.05, 0) is 24.8 Å². The van der Waals surface area contributed by atoms with Crippen molar-refractivity contribution in [3.05, 3.63) is 61.8 Å². The number of nitrogens with zero attached hydrogens (tertiary/aromatic N) is 2. The van der Waals surface area contributed by atoms with Crippen molar-refractivity contribution in [2.24, 2.45) is 5.92 Å². The SMILES string of the molecule is C=C/C=C(\C=C)CN1CCC(N(CC)C(=O)C/C=C/CCl)C1.C=CC(C)CC. The Morgan fingerprint density at radius 3 is 2.46 bits per heavy atom. The second-order valence-corrected chi connectivity index (χ2v) is 7.30. The predicted octanol–water partition coefficient (Wildman–Crippen LogP) is 5.61. The molecule has 1 amide bonds. The molecule has 0 aliphatic carbocycles. The molecule has 0 N–H and O–H groups in total. The minimum atomic E-state index is 0.182. The fraction of sp³-hybridized carbons (Fsp3) is 0.542. The number of hydrogen-bond acceptors (Lipinski definition) is 2. The van der Waals surface area contributed by atoms with Crippen LogP contribution in [0.4, 0.5) is 0 Å². The van der Waals surface area contributed by atoms with E-state index in [9.17, 15) is 4.79 Å². The molecular weight excluding hydrogens is 368 g/mol. The Labute approximate surface area is 178 Å². The van der Waals surface area contributed by atoms with Crippen molar-refractivity contribution in [2.45, 2.75) is 46.1 Å². The lowest BCUT2D eigenvalue weighted by atomic mass is 10.1. The highest BCUT2D eigenvalue weighted by Crippen LogP contribution is 2.18. The van der Waals surface area contributed by atoms with Gasteiger partial charge in [-0.3, -0.25) is 9.69 Å². The molecule has 1 saturated heterocycles. The van der Waals surface area contributed by atoms with E-state index in [1.165, 1.54) is 6.42 Å². The van der Waals surface area contributed by atoms with E-state index in [1.54, 1.807) is 6.08 Å². The van der Waals surface area contributed by atoms with Gasteiger partial charge in [0.2, 0.25) is 5.91 Å². The Bertz CT molecular complexity index is 539. The summed E-state index contributed by atoms with van der Waals surface area (Å²) >= 11 is 5.59. The van der Waals surface area contributed by atoms with Crippen molar-refractivity contribution in [3.63, 3.8) is 0 Å². The summed E-state index contributed by atoms with van der Waals surface area (Å²) in [5, 5.41) is 0. The van der Waals surface area contributed by atoms with Crippen LogP contribution in [0.1, 0.15) is 40.0 Å². The largest absolute Gasteiger partial charge is 0.338 e. The van der Waals surface area contributed by atoms with Crippen LogP contribution >= 0.6 is 11.6 Å². The van der Waals surface area contributed by atoms with Crippen molar-refractivity contribution < 1.29 is 4.79 Å². The van der Waals surface area contributed by atoms with Crippen LogP contribution in [-0.2, 0) is 4.79 Å². The van der Waals surface area contributed by atoms with Gasteiger partial charge in [0.1, 0.15) is 0 Å². The van der Waals surface area contributed by atoms with Gasteiger partial charge in [0, 0.05) is 44.5 Å². The van der Waals surface area contributed by atoms with Crippen LogP contribution in [0.5, 0.6) is 0 Å². The predicted molar refractivity (Wildman–Crippen MR) is 125 cm³/mol. The molecule has 1 aliphatic rings. The van der Waals surface area contributed by atoms with Crippen molar-refractivity contribution in [2.75, 3.05) is 32.1 Å². The standard InChI is InChI=1S/C18H27ClN2O.C6H12/c1-4-9-16(5-2)14-20-13-11-17(15-20)21(6-3)18(22)10-7-8-12-19;1-4-6(3)5-2/h4-5,7-9,17H,1-2,6,10-15H2,3H3;4,6H,1,5H2,2-3H3/b8-7+,16-9+;.